The fourth-order valence-corrected chi connectivity index (χ4v) is 2.38. The number of hydrogen-bond donors (Lipinski definition) is 0. The molecule has 0 atom stereocenters. The van der Waals surface area contributed by atoms with Crippen LogP contribution in [-0.2, 0) is 0 Å². The summed E-state index contributed by atoms with van der Waals surface area (Å²) >= 11 is 0. The average molecular weight is 233 g/mol. The topological polar surface area (TPSA) is 12.5 Å². The summed E-state index contributed by atoms with van der Waals surface area (Å²) in [5.74, 6) is 1.58. The number of ether oxygens (including phenoxy) is 1. The second kappa shape index (κ2) is 6.06. The molecule has 17 heavy (non-hydrogen) atoms. The Hall–Kier alpha value is -1.02. The Labute approximate surface area is 105 Å². The molecule has 0 spiro atoms. The van der Waals surface area contributed by atoms with Crippen LogP contribution in [0.5, 0.6) is 5.75 Å². The summed E-state index contributed by atoms with van der Waals surface area (Å²) in [5, 5.41) is 0. The quantitative estimate of drug-likeness (QED) is 0.774. The number of nitrogens with zero attached hydrogens (tertiary/aromatic N) is 1. The molecule has 0 bridgehead atoms. The summed E-state index contributed by atoms with van der Waals surface area (Å²) in [5.41, 5.74) is 1.31. The molecular formula is C15H23NO. The molecule has 0 aliphatic carbocycles. The van der Waals surface area contributed by atoms with Gasteiger partial charge < -0.3 is 4.74 Å². The third-order valence-corrected chi connectivity index (χ3v) is 3.40. The van der Waals surface area contributed by atoms with Gasteiger partial charge in [-0.2, -0.15) is 0 Å². The molecule has 2 rings (SSSR count). The lowest BCUT2D eigenvalue weighted by Gasteiger charge is -2.17. The summed E-state index contributed by atoms with van der Waals surface area (Å²) < 4.78 is 5.92. The van der Waals surface area contributed by atoms with E-state index >= 15 is 0 Å². The van der Waals surface area contributed by atoms with Crippen molar-refractivity contribution in [3.8, 4) is 5.75 Å². The molecule has 1 aromatic rings. The molecule has 0 N–H and O–H groups in total. The number of benzene rings is 1. The van der Waals surface area contributed by atoms with Gasteiger partial charge in [0, 0.05) is 6.54 Å². The maximum absolute atomic E-state index is 5.92. The smallest absolute Gasteiger partial charge is 0.122 e. The van der Waals surface area contributed by atoms with Crippen molar-refractivity contribution in [2.24, 2.45) is 0 Å². The molecular weight excluding hydrogens is 210 g/mol. The lowest BCUT2D eigenvalue weighted by atomic mass is 10.0. The monoisotopic (exact) mass is 233 g/mol. The second-order valence-electron chi connectivity index (χ2n) is 5.09. The van der Waals surface area contributed by atoms with Crippen molar-refractivity contribution < 1.29 is 4.74 Å². The Morgan fingerprint density at radius 1 is 1.18 bits per heavy atom. The molecule has 0 amide bonds. The molecule has 0 unspecified atom stereocenters. The van der Waals surface area contributed by atoms with Crippen LogP contribution in [0.25, 0.3) is 0 Å². The number of para-hydroxylation sites is 1. The highest BCUT2D eigenvalue weighted by atomic mass is 16.5. The van der Waals surface area contributed by atoms with Crippen molar-refractivity contribution in [3.63, 3.8) is 0 Å². The van der Waals surface area contributed by atoms with E-state index in [2.05, 4.69) is 43.0 Å². The van der Waals surface area contributed by atoms with Gasteiger partial charge in [-0.3, -0.25) is 4.90 Å². The molecule has 2 heteroatoms. The van der Waals surface area contributed by atoms with E-state index in [0.29, 0.717) is 5.92 Å². The molecule has 1 aliphatic heterocycles. The predicted octanol–water partition coefficient (Wildman–Crippen LogP) is 3.28. The molecule has 1 fully saturated rings. The summed E-state index contributed by atoms with van der Waals surface area (Å²) in [6.45, 7) is 8.78. The maximum Gasteiger partial charge on any atom is 0.122 e. The molecule has 1 aromatic carbocycles. The van der Waals surface area contributed by atoms with Crippen molar-refractivity contribution >= 4 is 0 Å². The van der Waals surface area contributed by atoms with Gasteiger partial charge in [0.05, 0.1) is 0 Å². The predicted molar refractivity (Wildman–Crippen MR) is 71.7 cm³/mol. The summed E-state index contributed by atoms with van der Waals surface area (Å²) in [6.07, 6.45) is 2.70. The van der Waals surface area contributed by atoms with Gasteiger partial charge in [-0.25, -0.2) is 0 Å². The van der Waals surface area contributed by atoms with Crippen molar-refractivity contribution in [1.29, 1.82) is 0 Å². The Morgan fingerprint density at radius 3 is 2.59 bits per heavy atom. The van der Waals surface area contributed by atoms with Crippen LogP contribution in [0.15, 0.2) is 24.3 Å². The fourth-order valence-electron chi connectivity index (χ4n) is 2.38. The van der Waals surface area contributed by atoms with Crippen LogP contribution in [0.1, 0.15) is 38.2 Å². The lowest BCUT2D eigenvalue weighted by Crippen LogP contribution is -2.25. The molecule has 0 aromatic heterocycles. The first-order valence-electron chi connectivity index (χ1n) is 6.71. The van der Waals surface area contributed by atoms with E-state index in [1.807, 2.05) is 0 Å². The number of hydrogen-bond acceptors (Lipinski definition) is 2. The first-order chi connectivity index (χ1) is 8.27. The third-order valence-electron chi connectivity index (χ3n) is 3.40. The number of rotatable bonds is 5. The van der Waals surface area contributed by atoms with Crippen molar-refractivity contribution in [2.45, 2.75) is 32.6 Å². The van der Waals surface area contributed by atoms with Crippen LogP contribution in [0.2, 0.25) is 0 Å². The van der Waals surface area contributed by atoms with E-state index < -0.39 is 0 Å². The van der Waals surface area contributed by atoms with Crippen LogP contribution < -0.4 is 4.74 Å². The Morgan fingerprint density at radius 2 is 1.88 bits per heavy atom. The molecule has 0 radical (unpaired) electrons. The van der Waals surface area contributed by atoms with E-state index in [1.165, 1.54) is 31.5 Å². The minimum Gasteiger partial charge on any atom is -0.492 e. The fraction of sp³-hybridized carbons (Fsp3) is 0.600. The first kappa shape index (κ1) is 12.4. The van der Waals surface area contributed by atoms with Gasteiger partial charge in [0.15, 0.2) is 0 Å². The first-order valence-corrected chi connectivity index (χ1v) is 6.71. The average Bonchev–Trinajstić information content (AvgIpc) is 2.82. The van der Waals surface area contributed by atoms with Crippen molar-refractivity contribution in [1.82, 2.24) is 4.90 Å². The van der Waals surface area contributed by atoms with Crippen molar-refractivity contribution in [2.75, 3.05) is 26.2 Å². The molecule has 1 aliphatic rings. The zero-order chi connectivity index (χ0) is 12.1. The minimum atomic E-state index is 0.526. The van der Waals surface area contributed by atoms with E-state index in [-0.39, 0.29) is 0 Å². The van der Waals surface area contributed by atoms with E-state index in [0.717, 1.165) is 18.9 Å². The molecule has 94 valence electrons. The van der Waals surface area contributed by atoms with Gasteiger partial charge in [-0.05, 0) is 43.5 Å². The van der Waals surface area contributed by atoms with E-state index in [1.54, 1.807) is 0 Å². The van der Waals surface area contributed by atoms with Gasteiger partial charge in [-0.1, -0.05) is 32.0 Å². The summed E-state index contributed by atoms with van der Waals surface area (Å²) in [6, 6.07) is 8.38. The van der Waals surface area contributed by atoms with Gasteiger partial charge in [0.1, 0.15) is 12.4 Å². The normalized spacial score (nSPS) is 16.6. The zero-order valence-electron chi connectivity index (χ0n) is 11.0. The van der Waals surface area contributed by atoms with Gasteiger partial charge >= 0.3 is 0 Å². The van der Waals surface area contributed by atoms with Gasteiger partial charge in [-0.15, -0.1) is 0 Å². The van der Waals surface area contributed by atoms with Crippen LogP contribution in [0.4, 0.5) is 0 Å². The van der Waals surface area contributed by atoms with Gasteiger partial charge in [0.2, 0.25) is 0 Å². The van der Waals surface area contributed by atoms with E-state index in [4.69, 9.17) is 4.74 Å². The lowest BCUT2D eigenvalue weighted by molar-refractivity contribution is 0.236. The van der Waals surface area contributed by atoms with Crippen molar-refractivity contribution in [3.05, 3.63) is 29.8 Å². The minimum absolute atomic E-state index is 0.526. The number of likely N-dealkylation sites (tertiary alicyclic amines) is 1. The SMILES string of the molecule is CC(C)c1ccccc1OCCN1CCCC1. The molecule has 1 heterocycles. The third kappa shape index (κ3) is 3.47. The van der Waals surface area contributed by atoms with Crippen LogP contribution in [0.3, 0.4) is 0 Å². The zero-order valence-corrected chi connectivity index (χ0v) is 11.0. The molecule has 0 saturated carbocycles. The maximum atomic E-state index is 5.92. The largest absolute Gasteiger partial charge is 0.492 e. The Balaban J connectivity index is 1.85. The van der Waals surface area contributed by atoms with Gasteiger partial charge in [0.25, 0.3) is 0 Å². The van der Waals surface area contributed by atoms with Crippen LogP contribution in [0, 0.1) is 0 Å². The standard InChI is InChI=1S/C15H23NO/c1-13(2)14-7-3-4-8-15(14)17-12-11-16-9-5-6-10-16/h3-4,7-8,13H,5-6,9-12H2,1-2H3. The van der Waals surface area contributed by atoms with Crippen LogP contribution in [-0.4, -0.2) is 31.1 Å². The molecule has 1 saturated heterocycles. The molecule has 2 nitrogen and oxygen atoms in total. The highest BCUT2D eigenvalue weighted by molar-refractivity contribution is 5.35. The second-order valence-corrected chi connectivity index (χ2v) is 5.09. The van der Waals surface area contributed by atoms with Crippen LogP contribution >= 0.6 is 0 Å². The summed E-state index contributed by atoms with van der Waals surface area (Å²) in [4.78, 5) is 2.48. The van der Waals surface area contributed by atoms with E-state index in [9.17, 15) is 0 Å². The Bertz CT molecular complexity index is 343. The highest BCUT2D eigenvalue weighted by Gasteiger charge is 2.11. The Kier molecular flexibility index (Phi) is 4.43. The highest BCUT2D eigenvalue weighted by Crippen LogP contribution is 2.25. The summed E-state index contributed by atoms with van der Waals surface area (Å²) in [7, 11) is 0.